The van der Waals surface area contributed by atoms with Crippen LogP contribution < -0.4 is 10.0 Å². The Hall–Kier alpha value is -2.79. The summed E-state index contributed by atoms with van der Waals surface area (Å²) in [6.07, 6.45) is 1.50. The lowest BCUT2D eigenvalue weighted by Gasteiger charge is -2.10. The molecular formula is C22H20N4O3S3. The van der Waals surface area contributed by atoms with Crippen LogP contribution >= 0.6 is 23.1 Å². The number of carbonyl (C=O) groups excluding carboxylic acids is 1. The van der Waals surface area contributed by atoms with E-state index in [0.717, 1.165) is 25.7 Å². The molecule has 0 aliphatic heterocycles. The zero-order chi connectivity index (χ0) is 22.7. The molecule has 4 aromatic rings. The van der Waals surface area contributed by atoms with Gasteiger partial charge in [0.15, 0.2) is 0 Å². The van der Waals surface area contributed by atoms with E-state index >= 15 is 0 Å². The minimum Gasteiger partial charge on any atom is -0.325 e. The van der Waals surface area contributed by atoms with Crippen molar-refractivity contribution in [1.82, 2.24) is 14.7 Å². The number of aryl methyl sites for hydroxylation is 1. The van der Waals surface area contributed by atoms with Crippen LogP contribution in [0, 0.1) is 6.92 Å². The number of rotatable bonds is 7. The van der Waals surface area contributed by atoms with Gasteiger partial charge in [-0.1, -0.05) is 48.2 Å². The third-order valence-corrected chi connectivity index (χ3v) is 8.38. The molecule has 4 rings (SSSR count). The number of carbonyl (C=O) groups is 1. The van der Waals surface area contributed by atoms with Crippen molar-refractivity contribution >= 4 is 54.9 Å². The van der Waals surface area contributed by atoms with Gasteiger partial charge in [0.1, 0.15) is 16.2 Å². The lowest BCUT2D eigenvalue weighted by Crippen LogP contribution is -2.20. The number of nitrogens with one attached hydrogen (secondary N) is 2. The number of hydrogen-bond donors (Lipinski definition) is 2. The van der Waals surface area contributed by atoms with E-state index < -0.39 is 10.0 Å². The Morgan fingerprint density at radius 1 is 1.09 bits per heavy atom. The smallest absolute Gasteiger partial charge is 0.240 e. The van der Waals surface area contributed by atoms with Gasteiger partial charge in [-0.2, -0.15) is 0 Å². The maximum atomic E-state index is 12.5. The van der Waals surface area contributed by atoms with Gasteiger partial charge in [0, 0.05) is 16.0 Å². The number of amides is 1. The summed E-state index contributed by atoms with van der Waals surface area (Å²) in [5, 5.41) is 4.40. The van der Waals surface area contributed by atoms with Crippen molar-refractivity contribution in [3.05, 3.63) is 66.5 Å². The third kappa shape index (κ3) is 4.83. The summed E-state index contributed by atoms with van der Waals surface area (Å²) in [5.41, 5.74) is 2.13. The van der Waals surface area contributed by atoms with Crippen molar-refractivity contribution in [3.8, 4) is 10.4 Å². The van der Waals surface area contributed by atoms with Crippen LogP contribution in [0.1, 0.15) is 5.56 Å². The van der Waals surface area contributed by atoms with Crippen LogP contribution in [-0.2, 0) is 14.8 Å². The Kier molecular flexibility index (Phi) is 6.56. The number of sulfonamides is 1. The topological polar surface area (TPSA) is 101 Å². The molecule has 2 aromatic carbocycles. The Morgan fingerprint density at radius 3 is 2.62 bits per heavy atom. The second kappa shape index (κ2) is 9.37. The molecule has 2 aromatic heterocycles. The summed E-state index contributed by atoms with van der Waals surface area (Å²) in [6, 6.07) is 16.9. The van der Waals surface area contributed by atoms with Crippen molar-refractivity contribution in [2.75, 3.05) is 18.1 Å². The average Bonchev–Trinajstić information content (AvgIpc) is 3.24. The Morgan fingerprint density at radius 2 is 1.88 bits per heavy atom. The molecule has 7 nitrogen and oxygen atoms in total. The first-order valence-electron chi connectivity index (χ1n) is 9.64. The Balaban J connectivity index is 1.49. The van der Waals surface area contributed by atoms with Crippen LogP contribution in [-0.4, -0.2) is 37.1 Å². The number of benzene rings is 2. The molecule has 1 amide bonds. The summed E-state index contributed by atoms with van der Waals surface area (Å²) in [6.45, 7) is 1.70. The first-order chi connectivity index (χ1) is 15.4. The zero-order valence-electron chi connectivity index (χ0n) is 17.3. The van der Waals surface area contributed by atoms with Crippen LogP contribution in [0.25, 0.3) is 20.7 Å². The van der Waals surface area contributed by atoms with Crippen molar-refractivity contribution in [2.24, 2.45) is 0 Å². The van der Waals surface area contributed by atoms with Crippen molar-refractivity contribution in [2.45, 2.75) is 16.8 Å². The monoisotopic (exact) mass is 484 g/mol. The van der Waals surface area contributed by atoms with Gasteiger partial charge in [0.25, 0.3) is 0 Å². The van der Waals surface area contributed by atoms with Gasteiger partial charge in [-0.25, -0.2) is 23.1 Å². The normalized spacial score (nSPS) is 11.6. The summed E-state index contributed by atoms with van der Waals surface area (Å²) in [4.78, 5) is 23.3. The number of hydrogen-bond acceptors (Lipinski definition) is 7. The average molecular weight is 485 g/mol. The second-order valence-corrected chi connectivity index (χ2v) is 10.7. The highest BCUT2D eigenvalue weighted by Gasteiger charge is 2.16. The number of thioether (sulfide) groups is 1. The van der Waals surface area contributed by atoms with Crippen molar-refractivity contribution in [3.63, 3.8) is 0 Å². The molecule has 0 radical (unpaired) electrons. The van der Waals surface area contributed by atoms with Crippen LogP contribution in [0.2, 0.25) is 0 Å². The molecule has 0 spiro atoms. The van der Waals surface area contributed by atoms with Gasteiger partial charge >= 0.3 is 0 Å². The molecule has 0 atom stereocenters. The van der Waals surface area contributed by atoms with E-state index in [0.29, 0.717) is 11.3 Å². The largest absolute Gasteiger partial charge is 0.325 e. The van der Waals surface area contributed by atoms with Crippen LogP contribution in [0.4, 0.5) is 5.69 Å². The minimum atomic E-state index is -3.61. The summed E-state index contributed by atoms with van der Waals surface area (Å²) >= 11 is 2.90. The highest BCUT2D eigenvalue weighted by atomic mass is 32.2. The maximum absolute atomic E-state index is 12.5. The fourth-order valence-electron chi connectivity index (χ4n) is 3.10. The van der Waals surface area contributed by atoms with E-state index in [1.54, 1.807) is 30.4 Å². The standard InChI is InChI=1S/C22H20N4O3S3/c1-14-8-9-16(10-19(14)32(28,29)23-2)26-20(27)12-30-21-17-11-18(15-6-4-3-5-7-15)31-22(17)25-13-24-21/h3-11,13,23H,12H2,1-2H3,(H,26,27). The highest BCUT2D eigenvalue weighted by Crippen LogP contribution is 2.36. The molecule has 0 saturated carbocycles. The van der Waals surface area contributed by atoms with Gasteiger partial charge in [0.05, 0.1) is 10.6 Å². The highest BCUT2D eigenvalue weighted by molar-refractivity contribution is 8.00. The van der Waals surface area contributed by atoms with Crippen LogP contribution in [0.15, 0.2) is 70.8 Å². The molecule has 164 valence electrons. The van der Waals surface area contributed by atoms with Gasteiger partial charge in [-0.15, -0.1) is 11.3 Å². The number of nitrogens with zero attached hydrogens (tertiary/aromatic N) is 2. The molecule has 32 heavy (non-hydrogen) atoms. The first-order valence-corrected chi connectivity index (χ1v) is 12.9. The van der Waals surface area contributed by atoms with Gasteiger partial charge in [-0.05, 0) is 43.3 Å². The molecule has 2 heterocycles. The van der Waals surface area contributed by atoms with E-state index in [4.69, 9.17) is 0 Å². The van der Waals surface area contributed by atoms with Crippen molar-refractivity contribution in [1.29, 1.82) is 0 Å². The van der Waals surface area contributed by atoms with E-state index in [-0.39, 0.29) is 16.6 Å². The molecule has 0 bridgehead atoms. The van der Waals surface area contributed by atoms with Gasteiger partial charge in [0.2, 0.25) is 15.9 Å². The second-order valence-electron chi connectivity index (χ2n) is 6.90. The Bertz CT molecular complexity index is 1390. The quantitative estimate of drug-likeness (QED) is 0.300. The van der Waals surface area contributed by atoms with E-state index in [1.165, 1.54) is 31.2 Å². The fourth-order valence-corrected chi connectivity index (χ4v) is 5.94. The molecule has 0 unspecified atom stereocenters. The van der Waals surface area contributed by atoms with E-state index in [9.17, 15) is 13.2 Å². The summed E-state index contributed by atoms with van der Waals surface area (Å²) < 4.78 is 26.6. The lowest BCUT2D eigenvalue weighted by molar-refractivity contribution is -0.113. The van der Waals surface area contributed by atoms with E-state index in [1.807, 2.05) is 36.4 Å². The summed E-state index contributed by atoms with van der Waals surface area (Å²) in [5.74, 6) is -0.123. The SMILES string of the molecule is CNS(=O)(=O)c1cc(NC(=O)CSc2ncnc3sc(-c4ccccc4)cc23)ccc1C. The maximum Gasteiger partial charge on any atom is 0.240 e. The Labute approximate surface area is 194 Å². The van der Waals surface area contributed by atoms with Crippen molar-refractivity contribution < 1.29 is 13.2 Å². The molecule has 2 N–H and O–H groups in total. The number of anilines is 1. The van der Waals surface area contributed by atoms with Crippen LogP contribution in [0.5, 0.6) is 0 Å². The van der Waals surface area contributed by atoms with E-state index in [2.05, 4.69) is 20.0 Å². The zero-order valence-corrected chi connectivity index (χ0v) is 19.8. The predicted molar refractivity (Wildman–Crippen MR) is 130 cm³/mol. The molecule has 0 saturated heterocycles. The number of thiophene rings is 1. The third-order valence-electron chi connectivity index (χ3n) is 4.72. The molecule has 10 heteroatoms. The predicted octanol–water partition coefficient (Wildman–Crippen LogP) is 4.31. The molecule has 0 aliphatic rings. The summed E-state index contributed by atoms with van der Waals surface area (Å²) in [7, 11) is -2.26. The number of fused-ring (bicyclic) bond motifs is 1. The molecule has 0 fully saturated rings. The minimum absolute atomic E-state index is 0.130. The number of aromatic nitrogens is 2. The first kappa shape index (κ1) is 22.4. The lowest BCUT2D eigenvalue weighted by atomic mass is 10.2. The van der Waals surface area contributed by atoms with Gasteiger partial charge in [-0.3, -0.25) is 4.79 Å². The molecular weight excluding hydrogens is 464 g/mol. The van der Waals surface area contributed by atoms with Crippen LogP contribution in [0.3, 0.4) is 0 Å². The molecule has 0 aliphatic carbocycles. The fraction of sp³-hybridized carbons (Fsp3) is 0.136. The van der Waals surface area contributed by atoms with Gasteiger partial charge < -0.3 is 5.32 Å².